The second-order valence-corrected chi connectivity index (χ2v) is 9.00. The molecule has 0 aromatic carbocycles. The first-order chi connectivity index (χ1) is 20.3. The summed E-state index contributed by atoms with van der Waals surface area (Å²) in [5, 5.41) is 22.3. The fourth-order valence-electron chi connectivity index (χ4n) is 3.69. The van der Waals surface area contributed by atoms with Crippen molar-refractivity contribution in [2.24, 2.45) is 0 Å². The van der Waals surface area contributed by atoms with E-state index in [1.165, 1.54) is 14.2 Å². The van der Waals surface area contributed by atoms with E-state index in [4.69, 9.17) is 52.1 Å². The Hall–Kier alpha value is -2.84. The zero-order valence-corrected chi connectivity index (χ0v) is 23.3. The lowest BCUT2D eigenvalue weighted by atomic mass is 10.0. The van der Waals surface area contributed by atoms with E-state index in [1.54, 1.807) is 0 Å². The van der Waals surface area contributed by atoms with E-state index in [9.17, 15) is 29.4 Å². The molecule has 0 aromatic heterocycles. The maximum atomic E-state index is 11.3. The standard InChI is InChI=1S/C24H38O18/c1-31-3-16(40-14-26)5-34-12-20(36-8-18-10-39-24(30)42-18)21(28)22(37-7-15(32-2)4-35-13-25)19(27)11-33-6-17-9-38-23(29)41-17/h13-22,27-28H,3-12H2,1-2H3. The molecule has 18 nitrogen and oxygen atoms in total. The molecule has 0 aliphatic carbocycles. The zero-order chi connectivity index (χ0) is 30.7. The summed E-state index contributed by atoms with van der Waals surface area (Å²) in [6.45, 7) is -1.11. The van der Waals surface area contributed by atoms with E-state index in [0.717, 1.165) is 0 Å². The second kappa shape index (κ2) is 20.1. The molecular weight excluding hydrogens is 576 g/mol. The molecule has 2 aliphatic rings. The fourth-order valence-corrected chi connectivity index (χ4v) is 3.69. The number of carbonyl (C=O) groups is 4. The van der Waals surface area contributed by atoms with Gasteiger partial charge in [0.05, 0.1) is 46.2 Å². The summed E-state index contributed by atoms with van der Waals surface area (Å²) in [6, 6.07) is 0. The van der Waals surface area contributed by atoms with Crippen LogP contribution in [0.3, 0.4) is 0 Å². The molecule has 2 N–H and O–H groups in total. The minimum Gasteiger partial charge on any atom is -0.465 e. The maximum absolute atomic E-state index is 11.3. The molecule has 0 spiro atoms. The molecule has 0 saturated carbocycles. The number of aliphatic hydroxyl groups is 2. The van der Waals surface area contributed by atoms with Crippen LogP contribution in [0.25, 0.3) is 0 Å². The van der Waals surface area contributed by atoms with Gasteiger partial charge < -0.3 is 67.1 Å². The van der Waals surface area contributed by atoms with Gasteiger partial charge in [0.1, 0.15) is 56.4 Å². The van der Waals surface area contributed by atoms with Crippen LogP contribution in [-0.2, 0) is 66.4 Å². The number of carbonyl (C=O) groups excluding carboxylic acids is 4. The third kappa shape index (κ3) is 13.0. The van der Waals surface area contributed by atoms with Crippen LogP contribution >= 0.6 is 0 Å². The van der Waals surface area contributed by atoms with Crippen LogP contribution in [-0.4, -0.2) is 165 Å². The predicted octanol–water partition coefficient (Wildman–Crippen LogP) is -2.04. The van der Waals surface area contributed by atoms with E-state index in [2.05, 4.69) is 4.74 Å². The van der Waals surface area contributed by atoms with Crippen LogP contribution in [0, 0.1) is 0 Å². The summed E-state index contributed by atoms with van der Waals surface area (Å²) in [5.74, 6) is 0. The highest BCUT2D eigenvalue weighted by Gasteiger charge is 2.37. The minimum absolute atomic E-state index is 0.0235. The Morgan fingerprint density at radius 3 is 2.07 bits per heavy atom. The van der Waals surface area contributed by atoms with Crippen LogP contribution in [0.1, 0.15) is 0 Å². The van der Waals surface area contributed by atoms with Gasteiger partial charge in [-0.15, -0.1) is 0 Å². The third-order valence-corrected chi connectivity index (χ3v) is 5.83. The van der Waals surface area contributed by atoms with Gasteiger partial charge in [-0.3, -0.25) is 9.59 Å². The van der Waals surface area contributed by atoms with Gasteiger partial charge in [-0.1, -0.05) is 0 Å². The third-order valence-electron chi connectivity index (χ3n) is 5.83. The Kier molecular flexibility index (Phi) is 16.9. The summed E-state index contributed by atoms with van der Waals surface area (Å²) in [7, 11) is 2.75. The quantitative estimate of drug-likeness (QED) is 0.0642. The molecule has 2 saturated heterocycles. The molecule has 2 heterocycles. The van der Waals surface area contributed by atoms with Crippen molar-refractivity contribution in [1.29, 1.82) is 0 Å². The van der Waals surface area contributed by atoms with Crippen LogP contribution in [0.2, 0.25) is 0 Å². The normalized spacial score (nSPS) is 22.5. The Balaban J connectivity index is 2.11. The summed E-state index contributed by atoms with van der Waals surface area (Å²) >= 11 is 0. The summed E-state index contributed by atoms with van der Waals surface area (Å²) in [6.07, 6.45) is -10.3. The molecule has 8 unspecified atom stereocenters. The van der Waals surface area contributed by atoms with Crippen molar-refractivity contribution in [1.82, 2.24) is 0 Å². The molecular formula is C24H38O18. The predicted molar refractivity (Wildman–Crippen MR) is 131 cm³/mol. The number of methoxy groups -OCH3 is 2. The first-order valence-corrected chi connectivity index (χ1v) is 12.9. The molecule has 18 heteroatoms. The van der Waals surface area contributed by atoms with Crippen LogP contribution < -0.4 is 0 Å². The van der Waals surface area contributed by atoms with Gasteiger partial charge in [0.15, 0.2) is 12.2 Å². The molecule has 0 radical (unpaired) electrons. The molecule has 2 aliphatic heterocycles. The topological polar surface area (TPSA) is 219 Å². The van der Waals surface area contributed by atoms with Crippen LogP contribution in [0.15, 0.2) is 0 Å². The number of hydrogen-bond donors (Lipinski definition) is 2. The van der Waals surface area contributed by atoms with E-state index < -0.39 is 61.1 Å². The van der Waals surface area contributed by atoms with Gasteiger partial charge in [0.25, 0.3) is 12.9 Å². The van der Waals surface area contributed by atoms with Crippen molar-refractivity contribution >= 4 is 25.3 Å². The number of rotatable bonds is 25. The van der Waals surface area contributed by atoms with Gasteiger partial charge in [-0.25, -0.2) is 9.59 Å². The van der Waals surface area contributed by atoms with E-state index in [-0.39, 0.29) is 79.0 Å². The number of ether oxygens (including phenoxy) is 12. The molecule has 42 heavy (non-hydrogen) atoms. The van der Waals surface area contributed by atoms with Gasteiger partial charge in [0.2, 0.25) is 0 Å². The molecule has 242 valence electrons. The monoisotopic (exact) mass is 614 g/mol. The average molecular weight is 615 g/mol. The maximum Gasteiger partial charge on any atom is 0.508 e. The van der Waals surface area contributed by atoms with Crippen molar-refractivity contribution in [3.05, 3.63) is 0 Å². The first kappa shape index (κ1) is 35.4. The molecule has 2 fully saturated rings. The lowest BCUT2D eigenvalue weighted by molar-refractivity contribution is -0.187. The summed E-state index contributed by atoms with van der Waals surface area (Å²) in [5.41, 5.74) is 0. The summed E-state index contributed by atoms with van der Waals surface area (Å²) < 4.78 is 61.6. The number of cyclic esters (lactones) is 4. The van der Waals surface area contributed by atoms with Gasteiger partial charge in [-0.05, 0) is 0 Å². The number of hydrogen-bond acceptors (Lipinski definition) is 18. The average Bonchev–Trinajstić information content (AvgIpc) is 3.59. The van der Waals surface area contributed by atoms with E-state index in [0.29, 0.717) is 0 Å². The molecule has 0 bridgehead atoms. The Bertz CT molecular complexity index is 797. The highest BCUT2D eigenvalue weighted by Crippen LogP contribution is 2.17. The van der Waals surface area contributed by atoms with Gasteiger partial charge in [-0.2, -0.15) is 0 Å². The van der Waals surface area contributed by atoms with Crippen LogP contribution in [0.4, 0.5) is 9.59 Å². The SMILES string of the molecule is COCC(COCC(OCC1COC(=O)O1)C(O)C(OCC(COC=O)OC)C(O)COCC1COC(=O)O1)OC=O. The highest BCUT2D eigenvalue weighted by atomic mass is 16.8. The number of aliphatic hydroxyl groups excluding tert-OH is 2. The Labute approximate surface area is 241 Å². The van der Waals surface area contributed by atoms with Crippen molar-refractivity contribution < 1.29 is 86.2 Å². The second-order valence-electron chi connectivity index (χ2n) is 9.00. The highest BCUT2D eigenvalue weighted by molar-refractivity contribution is 5.62. The van der Waals surface area contributed by atoms with Crippen molar-refractivity contribution in [3.8, 4) is 0 Å². The Morgan fingerprint density at radius 1 is 0.810 bits per heavy atom. The van der Waals surface area contributed by atoms with E-state index >= 15 is 0 Å². The van der Waals surface area contributed by atoms with E-state index in [1.807, 2.05) is 0 Å². The minimum atomic E-state index is -1.59. The smallest absolute Gasteiger partial charge is 0.465 e. The zero-order valence-electron chi connectivity index (χ0n) is 23.3. The Morgan fingerprint density at radius 2 is 1.50 bits per heavy atom. The van der Waals surface area contributed by atoms with Gasteiger partial charge in [0, 0.05) is 14.2 Å². The molecule has 2 rings (SSSR count). The summed E-state index contributed by atoms with van der Waals surface area (Å²) in [4.78, 5) is 43.8. The molecule has 8 atom stereocenters. The lowest BCUT2D eigenvalue weighted by Crippen LogP contribution is -2.51. The molecule has 0 amide bonds. The van der Waals surface area contributed by atoms with Gasteiger partial charge >= 0.3 is 12.3 Å². The van der Waals surface area contributed by atoms with Crippen molar-refractivity contribution in [3.63, 3.8) is 0 Å². The van der Waals surface area contributed by atoms with Crippen LogP contribution in [0.5, 0.6) is 0 Å². The van der Waals surface area contributed by atoms with Crippen molar-refractivity contribution in [2.45, 2.75) is 48.8 Å². The first-order valence-electron chi connectivity index (χ1n) is 12.9. The van der Waals surface area contributed by atoms with Crippen molar-refractivity contribution in [2.75, 3.05) is 80.3 Å². The largest absolute Gasteiger partial charge is 0.508 e. The molecule has 0 aromatic rings. The lowest BCUT2D eigenvalue weighted by Gasteiger charge is -2.33. The fraction of sp³-hybridized carbons (Fsp3) is 0.833.